The van der Waals surface area contributed by atoms with E-state index in [1.165, 1.54) is 12.8 Å². The van der Waals surface area contributed by atoms with Gasteiger partial charge in [-0.25, -0.2) is 4.68 Å². The van der Waals surface area contributed by atoms with Crippen LogP contribution in [0.25, 0.3) is 0 Å². The molecule has 2 heterocycles. The minimum absolute atomic E-state index is 0.0944. The standard InChI is InChI=1S/C14H22F2N4O/c1-9-12(10(2)20(19-9)14(15)16)7-13(21)18-8-11-5-3-4-6-17-11/h11,14,17H,3-8H2,1-2H3,(H,18,21). The van der Waals surface area contributed by atoms with Gasteiger partial charge in [-0.15, -0.1) is 0 Å². The predicted molar refractivity (Wildman–Crippen MR) is 75.3 cm³/mol. The maximum atomic E-state index is 12.7. The first-order valence-corrected chi connectivity index (χ1v) is 7.32. The maximum absolute atomic E-state index is 12.7. The van der Waals surface area contributed by atoms with Gasteiger partial charge in [0.15, 0.2) is 0 Å². The smallest absolute Gasteiger partial charge is 0.333 e. The third-order valence-corrected chi connectivity index (χ3v) is 3.96. The molecule has 1 saturated heterocycles. The van der Waals surface area contributed by atoms with Gasteiger partial charge in [-0.1, -0.05) is 6.42 Å². The molecule has 0 spiro atoms. The van der Waals surface area contributed by atoms with Gasteiger partial charge in [-0.05, 0) is 33.2 Å². The number of hydrogen-bond acceptors (Lipinski definition) is 3. The van der Waals surface area contributed by atoms with Gasteiger partial charge in [0.25, 0.3) is 0 Å². The number of piperidine rings is 1. The molecule has 1 unspecified atom stereocenters. The molecule has 2 rings (SSSR count). The van der Waals surface area contributed by atoms with Crippen LogP contribution in [0.15, 0.2) is 0 Å². The van der Waals surface area contributed by atoms with Gasteiger partial charge in [0.2, 0.25) is 5.91 Å². The SMILES string of the molecule is Cc1nn(C(F)F)c(C)c1CC(=O)NCC1CCCCN1. The summed E-state index contributed by atoms with van der Waals surface area (Å²) in [5, 5.41) is 10.0. The Morgan fingerprint density at radius 1 is 1.48 bits per heavy atom. The molecule has 0 aliphatic carbocycles. The number of aromatic nitrogens is 2. The average Bonchev–Trinajstić information content (AvgIpc) is 2.74. The molecule has 1 aliphatic heterocycles. The van der Waals surface area contributed by atoms with E-state index in [4.69, 9.17) is 0 Å². The van der Waals surface area contributed by atoms with E-state index in [9.17, 15) is 13.6 Å². The molecule has 0 aromatic carbocycles. The zero-order valence-electron chi connectivity index (χ0n) is 12.5. The molecule has 7 heteroatoms. The lowest BCUT2D eigenvalue weighted by Gasteiger charge is -2.23. The van der Waals surface area contributed by atoms with Gasteiger partial charge >= 0.3 is 6.55 Å². The first-order chi connectivity index (χ1) is 9.99. The molecule has 0 saturated carbocycles. The summed E-state index contributed by atoms with van der Waals surface area (Å²) in [6.07, 6.45) is 3.50. The molecule has 21 heavy (non-hydrogen) atoms. The van der Waals surface area contributed by atoms with Gasteiger partial charge in [0.1, 0.15) is 0 Å². The number of hydrogen-bond donors (Lipinski definition) is 2. The molecule has 0 radical (unpaired) electrons. The molecule has 1 atom stereocenters. The zero-order valence-corrected chi connectivity index (χ0v) is 12.5. The Morgan fingerprint density at radius 3 is 2.81 bits per heavy atom. The summed E-state index contributed by atoms with van der Waals surface area (Å²) in [5.74, 6) is -0.151. The van der Waals surface area contributed by atoms with E-state index < -0.39 is 6.55 Å². The Kier molecular flexibility index (Phi) is 5.27. The van der Waals surface area contributed by atoms with Gasteiger partial charge in [0.05, 0.1) is 12.1 Å². The number of aryl methyl sites for hydroxylation is 1. The van der Waals surface area contributed by atoms with Gasteiger partial charge in [0, 0.05) is 23.8 Å². The minimum Gasteiger partial charge on any atom is -0.354 e. The number of halogens is 2. The molecule has 1 fully saturated rings. The largest absolute Gasteiger partial charge is 0.354 e. The highest BCUT2D eigenvalue weighted by molar-refractivity contribution is 5.79. The quantitative estimate of drug-likeness (QED) is 0.870. The van der Waals surface area contributed by atoms with Crippen molar-refractivity contribution in [3.8, 4) is 0 Å². The number of rotatable bonds is 5. The number of carbonyl (C=O) groups excluding carboxylic acids is 1. The van der Waals surface area contributed by atoms with Crippen molar-refractivity contribution in [1.29, 1.82) is 0 Å². The summed E-state index contributed by atoms with van der Waals surface area (Å²) in [7, 11) is 0. The zero-order chi connectivity index (χ0) is 15.4. The Balaban J connectivity index is 1.90. The number of amides is 1. The molecule has 1 amide bonds. The third-order valence-electron chi connectivity index (χ3n) is 3.96. The molecular weight excluding hydrogens is 278 g/mol. The second-order valence-corrected chi connectivity index (χ2v) is 5.50. The number of carbonyl (C=O) groups is 1. The lowest BCUT2D eigenvalue weighted by atomic mass is 10.0. The van der Waals surface area contributed by atoms with E-state index in [0.717, 1.165) is 13.0 Å². The van der Waals surface area contributed by atoms with Crippen LogP contribution in [0.5, 0.6) is 0 Å². The van der Waals surface area contributed by atoms with Crippen LogP contribution in [0, 0.1) is 13.8 Å². The molecule has 118 valence electrons. The summed E-state index contributed by atoms with van der Waals surface area (Å²) in [5.41, 5.74) is 1.43. The van der Waals surface area contributed by atoms with Crippen molar-refractivity contribution in [2.75, 3.05) is 13.1 Å². The number of nitrogens with zero attached hydrogens (tertiary/aromatic N) is 2. The van der Waals surface area contributed by atoms with E-state index in [-0.39, 0.29) is 12.3 Å². The van der Waals surface area contributed by atoms with Crippen LogP contribution in [-0.4, -0.2) is 34.8 Å². The van der Waals surface area contributed by atoms with Crippen LogP contribution in [-0.2, 0) is 11.2 Å². The van der Waals surface area contributed by atoms with Gasteiger partial charge in [-0.2, -0.15) is 13.9 Å². The summed E-state index contributed by atoms with van der Waals surface area (Å²) in [6, 6.07) is 0.314. The molecule has 1 aliphatic rings. The summed E-state index contributed by atoms with van der Waals surface area (Å²) in [4.78, 5) is 12.0. The second-order valence-electron chi connectivity index (χ2n) is 5.50. The van der Waals surface area contributed by atoms with E-state index in [1.807, 2.05) is 0 Å². The predicted octanol–water partition coefficient (Wildman–Crippen LogP) is 1.70. The fraction of sp³-hybridized carbons (Fsp3) is 0.714. The molecule has 1 aromatic rings. The monoisotopic (exact) mass is 300 g/mol. The second kappa shape index (κ2) is 6.98. The van der Waals surface area contributed by atoms with E-state index in [0.29, 0.717) is 34.2 Å². The molecular formula is C14H22F2N4O. The highest BCUT2D eigenvalue weighted by Crippen LogP contribution is 2.19. The first kappa shape index (κ1) is 15.9. The van der Waals surface area contributed by atoms with Crippen LogP contribution >= 0.6 is 0 Å². The first-order valence-electron chi connectivity index (χ1n) is 7.32. The normalized spacial score (nSPS) is 19.0. The average molecular weight is 300 g/mol. The minimum atomic E-state index is -2.67. The van der Waals surface area contributed by atoms with Crippen molar-refractivity contribution in [3.63, 3.8) is 0 Å². The molecule has 1 aromatic heterocycles. The summed E-state index contributed by atoms with van der Waals surface area (Å²) >= 11 is 0. The summed E-state index contributed by atoms with van der Waals surface area (Å²) in [6.45, 7) is 2.11. The number of alkyl halides is 2. The van der Waals surface area contributed by atoms with Gasteiger partial charge < -0.3 is 10.6 Å². The van der Waals surface area contributed by atoms with Crippen molar-refractivity contribution in [2.45, 2.75) is 52.1 Å². The maximum Gasteiger partial charge on any atom is 0.333 e. The third kappa shape index (κ3) is 4.00. The van der Waals surface area contributed by atoms with Crippen molar-refractivity contribution >= 4 is 5.91 Å². The Bertz CT molecular complexity index is 495. The molecule has 5 nitrogen and oxygen atoms in total. The molecule has 2 N–H and O–H groups in total. The lowest BCUT2D eigenvalue weighted by Crippen LogP contribution is -2.43. The van der Waals surface area contributed by atoms with Crippen molar-refractivity contribution in [3.05, 3.63) is 17.0 Å². The van der Waals surface area contributed by atoms with Crippen LogP contribution in [0.1, 0.15) is 42.8 Å². The Morgan fingerprint density at radius 2 is 2.24 bits per heavy atom. The Hall–Kier alpha value is -1.50. The topological polar surface area (TPSA) is 59.0 Å². The fourth-order valence-electron chi connectivity index (χ4n) is 2.70. The van der Waals surface area contributed by atoms with Crippen molar-refractivity contribution < 1.29 is 13.6 Å². The van der Waals surface area contributed by atoms with E-state index in [1.54, 1.807) is 13.8 Å². The van der Waals surface area contributed by atoms with E-state index in [2.05, 4.69) is 15.7 Å². The van der Waals surface area contributed by atoms with Crippen molar-refractivity contribution in [2.24, 2.45) is 0 Å². The summed E-state index contributed by atoms with van der Waals surface area (Å²) < 4.78 is 26.1. The van der Waals surface area contributed by atoms with Crippen LogP contribution in [0.4, 0.5) is 8.78 Å². The van der Waals surface area contributed by atoms with E-state index >= 15 is 0 Å². The van der Waals surface area contributed by atoms with Crippen LogP contribution < -0.4 is 10.6 Å². The highest BCUT2D eigenvalue weighted by atomic mass is 19.3. The molecule has 0 bridgehead atoms. The lowest BCUT2D eigenvalue weighted by molar-refractivity contribution is -0.120. The Labute approximate surface area is 123 Å². The number of nitrogens with one attached hydrogen (secondary N) is 2. The van der Waals surface area contributed by atoms with Crippen LogP contribution in [0.3, 0.4) is 0 Å². The van der Waals surface area contributed by atoms with Gasteiger partial charge in [-0.3, -0.25) is 4.79 Å². The van der Waals surface area contributed by atoms with Crippen molar-refractivity contribution in [1.82, 2.24) is 20.4 Å². The van der Waals surface area contributed by atoms with Crippen LogP contribution in [0.2, 0.25) is 0 Å². The fourth-order valence-corrected chi connectivity index (χ4v) is 2.70. The highest BCUT2D eigenvalue weighted by Gasteiger charge is 2.20.